The number of nitrogens with zero attached hydrogens (tertiary/aromatic N) is 3. The summed E-state index contributed by atoms with van der Waals surface area (Å²) in [5, 5.41) is 18.0. The second-order valence-electron chi connectivity index (χ2n) is 3.24. The van der Waals surface area contributed by atoms with Crippen molar-refractivity contribution in [3.05, 3.63) is 29.8 Å². The van der Waals surface area contributed by atoms with Crippen LogP contribution in [0, 0.1) is 0 Å². The fourth-order valence-electron chi connectivity index (χ4n) is 1.06. The van der Waals surface area contributed by atoms with E-state index in [9.17, 15) is 4.79 Å². The van der Waals surface area contributed by atoms with E-state index in [1.165, 1.54) is 0 Å². The van der Waals surface area contributed by atoms with E-state index in [0.717, 1.165) is 0 Å². The minimum absolute atomic E-state index is 0.0391. The lowest BCUT2D eigenvalue weighted by Gasteiger charge is -2.03. The minimum Gasteiger partial charge on any atom is -0.481 e. The largest absolute Gasteiger partial charge is 0.481 e. The number of hydrogen-bond acceptors (Lipinski definition) is 3. The van der Waals surface area contributed by atoms with Gasteiger partial charge in [-0.15, -0.1) is 5.11 Å². The monoisotopic (exact) mass is 207 g/mol. The first-order valence-corrected chi connectivity index (χ1v) is 4.48. The summed E-state index contributed by atoms with van der Waals surface area (Å²) in [7, 11) is 3.51. The fraction of sp³-hybridized carbons (Fsp3) is 0.300. The van der Waals surface area contributed by atoms with Gasteiger partial charge in [-0.05, 0) is 11.6 Å². The summed E-state index contributed by atoms with van der Waals surface area (Å²) < 4.78 is 0. The van der Waals surface area contributed by atoms with Crippen molar-refractivity contribution >= 4 is 11.7 Å². The Morgan fingerprint density at radius 3 is 2.67 bits per heavy atom. The molecule has 0 aliphatic rings. The Labute approximate surface area is 88.0 Å². The van der Waals surface area contributed by atoms with Gasteiger partial charge in [-0.2, -0.15) is 0 Å². The molecule has 0 amide bonds. The number of hydrogen-bond donors (Lipinski definition) is 1. The predicted molar refractivity (Wildman–Crippen MR) is 56.0 cm³/mol. The first kappa shape index (κ1) is 11.2. The van der Waals surface area contributed by atoms with Gasteiger partial charge in [-0.25, -0.2) is 0 Å². The third kappa shape index (κ3) is 3.76. The highest BCUT2D eigenvalue weighted by Gasteiger charge is 2.05. The van der Waals surface area contributed by atoms with E-state index < -0.39 is 5.97 Å². The van der Waals surface area contributed by atoms with Gasteiger partial charge in [-0.3, -0.25) is 9.80 Å². The smallest absolute Gasteiger partial charge is 0.307 e. The van der Waals surface area contributed by atoms with Crippen molar-refractivity contribution in [2.75, 3.05) is 14.1 Å². The zero-order valence-corrected chi connectivity index (χ0v) is 8.71. The molecule has 80 valence electrons. The molecule has 0 aromatic heterocycles. The highest BCUT2D eigenvalue weighted by molar-refractivity contribution is 5.72. The fourth-order valence-corrected chi connectivity index (χ4v) is 1.06. The highest BCUT2D eigenvalue weighted by Crippen LogP contribution is 2.19. The topological polar surface area (TPSA) is 65.3 Å². The lowest BCUT2D eigenvalue weighted by atomic mass is 10.1. The van der Waals surface area contributed by atoms with Crippen LogP contribution in [0.2, 0.25) is 0 Å². The maximum Gasteiger partial charge on any atom is 0.307 e. The Balaban J connectivity index is 2.91. The SMILES string of the molecule is CN(C)N=Nc1ccccc1CC(=O)O. The van der Waals surface area contributed by atoms with Crippen LogP contribution >= 0.6 is 0 Å². The number of rotatable bonds is 4. The number of carboxylic acid groups (broad SMARTS) is 1. The van der Waals surface area contributed by atoms with E-state index in [2.05, 4.69) is 10.3 Å². The first-order valence-electron chi connectivity index (χ1n) is 4.48. The molecule has 1 aromatic rings. The molecule has 1 rings (SSSR count). The molecular weight excluding hydrogens is 194 g/mol. The van der Waals surface area contributed by atoms with Crippen molar-refractivity contribution in [3.8, 4) is 0 Å². The van der Waals surface area contributed by atoms with Crippen LogP contribution in [-0.2, 0) is 11.2 Å². The van der Waals surface area contributed by atoms with Crippen molar-refractivity contribution < 1.29 is 9.90 Å². The quantitative estimate of drug-likeness (QED) is 0.605. The van der Waals surface area contributed by atoms with E-state index >= 15 is 0 Å². The number of aliphatic carboxylic acids is 1. The number of carbonyl (C=O) groups is 1. The average molecular weight is 207 g/mol. The molecule has 0 unspecified atom stereocenters. The molecule has 5 heteroatoms. The molecule has 0 heterocycles. The van der Waals surface area contributed by atoms with Crippen molar-refractivity contribution in [1.82, 2.24) is 5.01 Å². The van der Waals surface area contributed by atoms with Gasteiger partial charge in [0.1, 0.15) is 0 Å². The summed E-state index contributed by atoms with van der Waals surface area (Å²) in [6, 6.07) is 7.06. The van der Waals surface area contributed by atoms with Crippen LogP contribution in [0.25, 0.3) is 0 Å². The molecule has 0 saturated heterocycles. The van der Waals surface area contributed by atoms with Gasteiger partial charge in [0.25, 0.3) is 0 Å². The standard InChI is InChI=1S/C10H13N3O2/c1-13(2)12-11-9-6-4-3-5-8(9)7-10(14)15/h3-6H,7H2,1-2H3,(H,14,15). The molecule has 1 N–H and O–H groups in total. The summed E-state index contributed by atoms with van der Waals surface area (Å²) in [5.41, 5.74) is 1.25. The number of carboxylic acids is 1. The third-order valence-corrected chi connectivity index (χ3v) is 1.66. The maximum atomic E-state index is 10.6. The molecule has 5 nitrogen and oxygen atoms in total. The molecule has 0 radical (unpaired) electrons. The second kappa shape index (κ2) is 5.09. The first-order chi connectivity index (χ1) is 7.09. The Morgan fingerprint density at radius 1 is 1.40 bits per heavy atom. The Hall–Kier alpha value is -1.91. The van der Waals surface area contributed by atoms with Crippen molar-refractivity contribution in [3.63, 3.8) is 0 Å². The molecule has 0 saturated carbocycles. The van der Waals surface area contributed by atoms with E-state index in [1.807, 2.05) is 0 Å². The lowest BCUT2D eigenvalue weighted by molar-refractivity contribution is -0.136. The summed E-state index contributed by atoms with van der Waals surface area (Å²) in [6.45, 7) is 0. The zero-order valence-electron chi connectivity index (χ0n) is 8.71. The summed E-state index contributed by atoms with van der Waals surface area (Å²) in [5.74, 6) is -0.873. The Bertz CT molecular complexity index is 375. The molecule has 0 bridgehead atoms. The van der Waals surface area contributed by atoms with Gasteiger partial charge in [0.2, 0.25) is 0 Å². The van der Waals surface area contributed by atoms with Gasteiger partial charge >= 0.3 is 5.97 Å². The molecule has 0 fully saturated rings. The van der Waals surface area contributed by atoms with Gasteiger partial charge in [0.05, 0.1) is 12.1 Å². The molecule has 0 atom stereocenters. The van der Waals surface area contributed by atoms with E-state index in [0.29, 0.717) is 11.3 Å². The summed E-state index contributed by atoms with van der Waals surface area (Å²) in [4.78, 5) is 10.6. The number of benzene rings is 1. The van der Waals surface area contributed by atoms with Gasteiger partial charge in [0.15, 0.2) is 0 Å². The summed E-state index contributed by atoms with van der Waals surface area (Å²) in [6.07, 6.45) is -0.0391. The molecule has 0 aliphatic heterocycles. The Morgan fingerprint density at radius 2 is 2.07 bits per heavy atom. The van der Waals surface area contributed by atoms with Crippen LogP contribution in [0.3, 0.4) is 0 Å². The van der Waals surface area contributed by atoms with Crippen LogP contribution in [0.15, 0.2) is 34.6 Å². The van der Waals surface area contributed by atoms with Crippen LogP contribution in [0.5, 0.6) is 0 Å². The second-order valence-corrected chi connectivity index (χ2v) is 3.24. The zero-order chi connectivity index (χ0) is 11.3. The Kier molecular flexibility index (Phi) is 3.79. The molecule has 15 heavy (non-hydrogen) atoms. The lowest BCUT2D eigenvalue weighted by Crippen LogP contribution is -2.01. The van der Waals surface area contributed by atoms with E-state index in [4.69, 9.17) is 5.11 Å². The van der Waals surface area contributed by atoms with Gasteiger partial charge in [0, 0.05) is 14.1 Å². The highest BCUT2D eigenvalue weighted by atomic mass is 16.4. The third-order valence-electron chi connectivity index (χ3n) is 1.66. The van der Waals surface area contributed by atoms with Crippen LogP contribution < -0.4 is 0 Å². The van der Waals surface area contributed by atoms with Crippen molar-refractivity contribution in [2.24, 2.45) is 10.3 Å². The van der Waals surface area contributed by atoms with E-state index in [1.54, 1.807) is 43.4 Å². The van der Waals surface area contributed by atoms with E-state index in [-0.39, 0.29) is 6.42 Å². The molecule has 0 aliphatic carbocycles. The maximum absolute atomic E-state index is 10.6. The van der Waals surface area contributed by atoms with Gasteiger partial charge < -0.3 is 5.11 Å². The summed E-state index contributed by atoms with van der Waals surface area (Å²) >= 11 is 0. The van der Waals surface area contributed by atoms with Gasteiger partial charge in [-0.1, -0.05) is 23.4 Å². The molecule has 1 aromatic carbocycles. The minimum atomic E-state index is -0.873. The van der Waals surface area contributed by atoms with Crippen LogP contribution in [-0.4, -0.2) is 30.2 Å². The normalized spacial score (nSPS) is 10.5. The molecule has 0 spiro atoms. The molecular formula is C10H13N3O2. The average Bonchev–Trinajstić information content (AvgIpc) is 2.15. The van der Waals surface area contributed by atoms with Crippen LogP contribution in [0.1, 0.15) is 5.56 Å². The predicted octanol–water partition coefficient (Wildman–Crippen LogP) is 1.87. The van der Waals surface area contributed by atoms with Crippen LogP contribution in [0.4, 0.5) is 5.69 Å². The van der Waals surface area contributed by atoms with Crippen molar-refractivity contribution in [1.29, 1.82) is 0 Å². The van der Waals surface area contributed by atoms with Crippen molar-refractivity contribution in [2.45, 2.75) is 6.42 Å².